The van der Waals surface area contributed by atoms with Crippen molar-refractivity contribution < 1.29 is 28.7 Å². The molecule has 0 saturated carbocycles. The summed E-state index contributed by atoms with van der Waals surface area (Å²) >= 11 is 0. The molecule has 0 spiro atoms. The lowest BCUT2D eigenvalue weighted by Gasteiger charge is -2.20. The average Bonchev–Trinajstić information content (AvgIpc) is 2.96. The van der Waals surface area contributed by atoms with E-state index in [4.69, 9.17) is 9.47 Å². The van der Waals surface area contributed by atoms with Crippen LogP contribution in [0.3, 0.4) is 0 Å². The molecular weight excluding hydrogens is 364 g/mol. The average molecular weight is 382 g/mol. The minimum atomic E-state index is -1.16. The van der Waals surface area contributed by atoms with E-state index in [1.807, 2.05) is 0 Å². The summed E-state index contributed by atoms with van der Waals surface area (Å²) in [5.41, 5.74) is 0.958. The van der Waals surface area contributed by atoms with Crippen LogP contribution in [0.15, 0.2) is 48.5 Å². The third kappa shape index (κ3) is 3.71. The molecule has 8 nitrogen and oxygen atoms in total. The lowest BCUT2D eigenvalue weighted by molar-refractivity contribution is -0.150. The van der Waals surface area contributed by atoms with E-state index in [-0.39, 0.29) is 11.1 Å². The van der Waals surface area contributed by atoms with Gasteiger partial charge in [0.05, 0.1) is 18.2 Å². The van der Waals surface area contributed by atoms with Gasteiger partial charge in [0, 0.05) is 11.8 Å². The van der Waals surface area contributed by atoms with Gasteiger partial charge in [-0.1, -0.05) is 18.2 Å². The maximum absolute atomic E-state index is 12.4. The second-order valence-electron chi connectivity index (χ2n) is 6.09. The Labute approximate surface area is 161 Å². The Morgan fingerprint density at radius 3 is 2.29 bits per heavy atom. The van der Waals surface area contributed by atoms with Gasteiger partial charge in [-0.05, 0) is 31.2 Å². The van der Waals surface area contributed by atoms with Gasteiger partial charge in [0.15, 0.2) is 6.61 Å². The van der Waals surface area contributed by atoms with Crippen molar-refractivity contribution in [1.82, 2.24) is 4.90 Å². The van der Waals surface area contributed by atoms with Gasteiger partial charge in [-0.2, -0.15) is 0 Å². The van der Waals surface area contributed by atoms with Crippen LogP contribution in [0.1, 0.15) is 27.6 Å². The van der Waals surface area contributed by atoms with Gasteiger partial charge >= 0.3 is 5.97 Å². The van der Waals surface area contributed by atoms with Crippen LogP contribution in [0.25, 0.3) is 0 Å². The van der Waals surface area contributed by atoms with Crippen molar-refractivity contribution in [1.29, 1.82) is 0 Å². The first-order valence-corrected chi connectivity index (χ1v) is 8.50. The number of esters is 1. The van der Waals surface area contributed by atoms with Crippen LogP contribution in [-0.2, 0) is 14.3 Å². The number of imide groups is 1. The fourth-order valence-electron chi connectivity index (χ4n) is 2.82. The van der Waals surface area contributed by atoms with Crippen molar-refractivity contribution in [3.63, 3.8) is 0 Å². The Bertz CT molecular complexity index is 920. The molecule has 2 aromatic rings. The summed E-state index contributed by atoms with van der Waals surface area (Å²) in [5.74, 6) is -1.97. The Balaban J connectivity index is 1.58. The van der Waals surface area contributed by atoms with E-state index in [0.29, 0.717) is 11.4 Å². The number of anilines is 1. The van der Waals surface area contributed by atoms with Crippen LogP contribution in [0.5, 0.6) is 5.75 Å². The molecule has 0 saturated heterocycles. The van der Waals surface area contributed by atoms with Gasteiger partial charge in [-0.15, -0.1) is 0 Å². The Morgan fingerprint density at radius 2 is 1.68 bits per heavy atom. The van der Waals surface area contributed by atoms with Crippen LogP contribution >= 0.6 is 0 Å². The monoisotopic (exact) mass is 382 g/mol. The zero-order valence-electron chi connectivity index (χ0n) is 15.3. The predicted octanol–water partition coefficient (Wildman–Crippen LogP) is 1.86. The maximum Gasteiger partial charge on any atom is 0.329 e. The highest BCUT2D eigenvalue weighted by atomic mass is 16.5. The second kappa shape index (κ2) is 7.91. The largest absolute Gasteiger partial charge is 0.497 e. The molecule has 0 aromatic heterocycles. The summed E-state index contributed by atoms with van der Waals surface area (Å²) in [7, 11) is 1.50. The number of nitrogens with zero attached hydrogens (tertiary/aromatic N) is 1. The molecule has 1 aliphatic heterocycles. The molecule has 0 unspecified atom stereocenters. The van der Waals surface area contributed by atoms with E-state index < -0.39 is 36.3 Å². The van der Waals surface area contributed by atoms with Gasteiger partial charge < -0.3 is 14.8 Å². The van der Waals surface area contributed by atoms with Gasteiger partial charge in [-0.25, -0.2) is 4.79 Å². The minimum Gasteiger partial charge on any atom is -0.497 e. The van der Waals surface area contributed by atoms with Gasteiger partial charge in [0.2, 0.25) is 0 Å². The number of fused-ring (bicyclic) bond motifs is 1. The molecule has 1 heterocycles. The molecule has 28 heavy (non-hydrogen) atoms. The van der Waals surface area contributed by atoms with Gasteiger partial charge in [0.1, 0.15) is 11.8 Å². The number of nitrogens with one attached hydrogen (secondary N) is 1. The third-order valence-electron chi connectivity index (χ3n) is 4.25. The van der Waals surface area contributed by atoms with Crippen LogP contribution < -0.4 is 10.1 Å². The fraction of sp³-hybridized carbons (Fsp3) is 0.200. The third-order valence-corrected chi connectivity index (χ3v) is 4.25. The summed E-state index contributed by atoms with van der Waals surface area (Å²) in [4.78, 5) is 49.9. The molecule has 144 valence electrons. The molecule has 2 aromatic carbocycles. The van der Waals surface area contributed by atoms with Crippen molar-refractivity contribution >= 4 is 29.4 Å². The number of carbonyl (C=O) groups is 4. The first kappa shape index (κ1) is 19.1. The zero-order chi connectivity index (χ0) is 20.3. The maximum atomic E-state index is 12.4. The molecule has 1 aliphatic rings. The number of hydrogen-bond acceptors (Lipinski definition) is 6. The summed E-state index contributed by atoms with van der Waals surface area (Å²) < 4.78 is 10.0. The normalized spacial score (nSPS) is 13.7. The molecule has 0 bridgehead atoms. The Hall–Kier alpha value is -3.68. The summed E-state index contributed by atoms with van der Waals surface area (Å²) in [5, 5.41) is 2.57. The number of hydrogen-bond donors (Lipinski definition) is 1. The molecule has 3 amide bonds. The van der Waals surface area contributed by atoms with Crippen LogP contribution in [-0.4, -0.2) is 48.3 Å². The number of methoxy groups -OCH3 is 1. The first-order chi connectivity index (χ1) is 13.4. The minimum absolute atomic E-state index is 0.239. The Morgan fingerprint density at radius 1 is 1.04 bits per heavy atom. The van der Waals surface area contributed by atoms with Crippen LogP contribution in [0, 0.1) is 0 Å². The lowest BCUT2D eigenvalue weighted by Crippen LogP contribution is -2.44. The van der Waals surface area contributed by atoms with E-state index in [1.165, 1.54) is 26.2 Å². The molecule has 8 heteroatoms. The van der Waals surface area contributed by atoms with E-state index >= 15 is 0 Å². The summed E-state index contributed by atoms with van der Waals surface area (Å²) in [6.07, 6.45) is 0. The van der Waals surface area contributed by atoms with Crippen LogP contribution in [0.4, 0.5) is 5.69 Å². The van der Waals surface area contributed by atoms with E-state index in [9.17, 15) is 19.2 Å². The van der Waals surface area contributed by atoms with Gasteiger partial charge in [-0.3, -0.25) is 19.3 Å². The zero-order valence-corrected chi connectivity index (χ0v) is 15.3. The van der Waals surface area contributed by atoms with E-state index in [1.54, 1.807) is 36.4 Å². The topological polar surface area (TPSA) is 102 Å². The predicted molar refractivity (Wildman–Crippen MR) is 99.0 cm³/mol. The Kier molecular flexibility index (Phi) is 5.39. The van der Waals surface area contributed by atoms with Crippen molar-refractivity contribution in [2.45, 2.75) is 13.0 Å². The smallest absolute Gasteiger partial charge is 0.329 e. The van der Waals surface area contributed by atoms with Crippen LogP contribution in [0.2, 0.25) is 0 Å². The molecule has 0 aliphatic carbocycles. The molecular formula is C20H18N2O6. The fourth-order valence-corrected chi connectivity index (χ4v) is 2.82. The highest BCUT2D eigenvalue weighted by molar-refractivity contribution is 6.22. The SMILES string of the molecule is COc1cccc(NC(=O)COC(=O)[C@H](C)N2C(=O)c3ccccc3C2=O)c1. The number of benzene rings is 2. The van der Waals surface area contributed by atoms with E-state index in [2.05, 4.69) is 5.32 Å². The molecule has 0 fully saturated rings. The quantitative estimate of drug-likeness (QED) is 0.604. The second-order valence-corrected chi connectivity index (χ2v) is 6.09. The summed E-state index contributed by atoms with van der Waals surface area (Å²) in [6, 6.07) is 11.9. The van der Waals surface area contributed by atoms with Crippen molar-refractivity contribution in [2.75, 3.05) is 19.0 Å². The first-order valence-electron chi connectivity index (χ1n) is 8.50. The highest BCUT2D eigenvalue weighted by Gasteiger charge is 2.41. The molecule has 3 rings (SSSR count). The number of carbonyl (C=O) groups excluding carboxylic acids is 4. The van der Waals surface area contributed by atoms with Crippen molar-refractivity contribution in [2.24, 2.45) is 0 Å². The number of rotatable bonds is 6. The number of amides is 3. The van der Waals surface area contributed by atoms with Crippen molar-refractivity contribution in [3.05, 3.63) is 59.7 Å². The molecule has 1 atom stereocenters. The van der Waals surface area contributed by atoms with Crippen molar-refractivity contribution in [3.8, 4) is 5.75 Å². The highest BCUT2D eigenvalue weighted by Crippen LogP contribution is 2.24. The number of ether oxygens (including phenoxy) is 2. The molecule has 1 N–H and O–H groups in total. The standard InChI is InChI=1S/C20H18N2O6/c1-12(22-18(24)15-8-3-4-9-16(15)19(22)25)20(26)28-11-17(23)21-13-6-5-7-14(10-13)27-2/h3-10,12H,11H2,1-2H3,(H,21,23)/t12-/m0/s1. The lowest BCUT2D eigenvalue weighted by atomic mass is 10.1. The van der Waals surface area contributed by atoms with Gasteiger partial charge in [0.25, 0.3) is 17.7 Å². The summed E-state index contributed by atoms with van der Waals surface area (Å²) in [6.45, 7) is 0.827. The van der Waals surface area contributed by atoms with E-state index in [0.717, 1.165) is 4.90 Å². The molecule has 0 radical (unpaired) electrons.